The Labute approximate surface area is 89.7 Å². The number of Topliss-reactive ketones (excluding diaryl/α,β-unsaturated/α-hetero) is 1. The lowest BCUT2D eigenvalue weighted by atomic mass is 9.86. The number of rotatable bonds is 4. The highest BCUT2D eigenvalue weighted by atomic mass is 16.5. The molecule has 1 rings (SSSR count). The van der Waals surface area contributed by atoms with Crippen LogP contribution in [0, 0.1) is 5.92 Å². The lowest BCUT2D eigenvalue weighted by Gasteiger charge is -2.37. The monoisotopic (exact) mass is 217 g/mol. The van der Waals surface area contributed by atoms with Gasteiger partial charge in [-0.3, -0.25) is 4.79 Å². The molecule has 0 amide bonds. The van der Waals surface area contributed by atoms with Crippen LogP contribution < -0.4 is 5.48 Å². The van der Waals surface area contributed by atoms with E-state index >= 15 is 0 Å². The van der Waals surface area contributed by atoms with Gasteiger partial charge in [0.2, 0.25) is 0 Å². The summed E-state index contributed by atoms with van der Waals surface area (Å²) in [7, 11) is 1.54. The molecule has 0 aromatic carbocycles. The van der Waals surface area contributed by atoms with Gasteiger partial charge in [-0.15, -0.1) is 0 Å². The van der Waals surface area contributed by atoms with Crippen LogP contribution in [0.5, 0.6) is 0 Å². The van der Waals surface area contributed by atoms with E-state index in [0.717, 1.165) is 6.42 Å². The number of hydrogen-bond donors (Lipinski definition) is 2. The van der Waals surface area contributed by atoms with Gasteiger partial charge in [-0.05, 0) is 13.3 Å². The normalized spacial score (nSPS) is 36.9. The van der Waals surface area contributed by atoms with Gasteiger partial charge >= 0.3 is 0 Å². The van der Waals surface area contributed by atoms with Gasteiger partial charge in [0.25, 0.3) is 0 Å². The minimum Gasteiger partial charge on any atom is -0.382 e. The number of ketones is 1. The fraction of sp³-hybridized carbons (Fsp3) is 0.900. The molecule has 0 aliphatic carbocycles. The number of hydroxylamine groups is 1. The topological polar surface area (TPSA) is 67.8 Å². The van der Waals surface area contributed by atoms with Crippen molar-refractivity contribution in [2.75, 3.05) is 13.7 Å². The van der Waals surface area contributed by atoms with Gasteiger partial charge in [0.1, 0.15) is 12.1 Å². The van der Waals surface area contributed by atoms with Crippen LogP contribution in [0.2, 0.25) is 0 Å². The van der Waals surface area contributed by atoms with Crippen molar-refractivity contribution in [1.82, 2.24) is 5.48 Å². The zero-order valence-corrected chi connectivity index (χ0v) is 9.40. The van der Waals surface area contributed by atoms with Crippen LogP contribution in [0.25, 0.3) is 0 Å². The fourth-order valence-corrected chi connectivity index (χ4v) is 2.07. The molecule has 1 aliphatic heterocycles. The van der Waals surface area contributed by atoms with Crippen molar-refractivity contribution in [2.24, 2.45) is 5.92 Å². The quantitative estimate of drug-likeness (QED) is 0.666. The Hall–Kier alpha value is -0.490. The minimum atomic E-state index is -0.675. The molecule has 1 fully saturated rings. The van der Waals surface area contributed by atoms with Crippen molar-refractivity contribution in [3.63, 3.8) is 0 Å². The molecular weight excluding hydrogens is 198 g/mol. The Morgan fingerprint density at radius 3 is 2.73 bits per heavy atom. The van der Waals surface area contributed by atoms with Gasteiger partial charge in [-0.2, -0.15) is 5.48 Å². The molecule has 1 heterocycles. The fourth-order valence-electron chi connectivity index (χ4n) is 2.07. The molecule has 4 unspecified atom stereocenters. The number of methoxy groups -OCH3 is 1. The second kappa shape index (κ2) is 5.55. The Kier molecular flexibility index (Phi) is 4.66. The van der Waals surface area contributed by atoms with Crippen LogP contribution >= 0.6 is 0 Å². The van der Waals surface area contributed by atoms with E-state index in [9.17, 15) is 4.79 Å². The van der Waals surface area contributed by atoms with Crippen LogP contribution in [0.15, 0.2) is 0 Å². The largest absolute Gasteiger partial charge is 0.382 e. The SMILES string of the molecule is CCC1C(=O)C(NO)C(COC)OC1C. The number of carbonyl (C=O) groups is 1. The van der Waals surface area contributed by atoms with Crippen molar-refractivity contribution >= 4 is 5.78 Å². The maximum absolute atomic E-state index is 11.9. The first-order valence-corrected chi connectivity index (χ1v) is 5.23. The van der Waals surface area contributed by atoms with Crippen LogP contribution in [0.1, 0.15) is 20.3 Å². The van der Waals surface area contributed by atoms with Crippen molar-refractivity contribution in [3.05, 3.63) is 0 Å². The zero-order valence-electron chi connectivity index (χ0n) is 9.40. The van der Waals surface area contributed by atoms with Crippen molar-refractivity contribution in [2.45, 2.75) is 38.5 Å². The first kappa shape index (κ1) is 12.6. The Morgan fingerprint density at radius 2 is 2.27 bits per heavy atom. The number of nitrogens with one attached hydrogen (secondary N) is 1. The van der Waals surface area contributed by atoms with Crippen LogP contribution in [0.4, 0.5) is 0 Å². The summed E-state index contributed by atoms with van der Waals surface area (Å²) in [5, 5.41) is 8.95. The molecule has 2 N–H and O–H groups in total. The molecule has 4 atom stereocenters. The molecule has 1 saturated heterocycles. The number of hydrogen-bond acceptors (Lipinski definition) is 5. The van der Waals surface area contributed by atoms with Crippen LogP contribution in [-0.2, 0) is 14.3 Å². The first-order chi connectivity index (χ1) is 7.15. The highest BCUT2D eigenvalue weighted by molar-refractivity contribution is 5.88. The smallest absolute Gasteiger partial charge is 0.160 e. The maximum atomic E-state index is 11.9. The molecule has 0 aromatic rings. The summed E-state index contributed by atoms with van der Waals surface area (Å²) >= 11 is 0. The van der Waals surface area contributed by atoms with Crippen molar-refractivity contribution < 1.29 is 19.5 Å². The molecule has 0 saturated carbocycles. The molecular formula is C10H19NO4. The first-order valence-electron chi connectivity index (χ1n) is 5.23. The van der Waals surface area contributed by atoms with Gasteiger partial charge in [0.15, 0.2) is 5.78 Å². The summed E-state index contributed by atoms with van der Waals surface area (Å²) in [6.07, 6.45) is 0.190. The van der Waals surface area contributed by atoms with Gasteiger partial charge < -0.3 is 14.7 Å². The predicted octanol–water partition coefficient (Wildman–Crippen LogP) is 0.363. The van der Waals surface area contributed by atoms with E-state index in [0.29, 0.717) is 6.61 Å². The standard InChI is InChI=1S/C10H19NO4/c1-4-7-6(2)15-8(5-14-3)9(11-13)10(7)12/h6-9,11,13H,4-5H2,1-3H3. The number of carbonyl (C=O) groups excluding carboxylic acids is 1. The van der Waals surface area contributed by atoms with E-state index in [1.165, 1.54) is 0 Å². The van der Waals surface area contributed by atoms with Gasteiger partial charge in [0.05, 0.1) is 12.7 Å². The molecule has 88 valence electrons. The minimum absolute atomic E-state index is 0.000741. The molecule has 0 radical (unpaired) electrons. The Morgan fingerprint density at radius 1 is 1.60 bits per heavy atom. The average molecular weight is 217 g/mol. The van der Waals surface area contributed by atoms with Crippen molar-refractivity contribution in [1.29, 1.82) is 0 Å². The number of ether oxygens (including phenoxy) is 2. The zero-order chi connectivity index (χ0) is 11.4. The molecule has 5 nitrogen and oxygen atoms in total. The van der Waals surface area contributed by atoms with Crippen LogP contribution in [-0.4, -0.2) is 43.0 Å². The Balaban J connectivity index is 2.75. The second-order valence-electron chi connectivity index (χ2n) is 3.86. The predicted molar refractivity (Wildman–Crippen MR) is 53.7 cm³/mol. The van der Waals surface area contributed by atoms with E-state index in [1.54, 1.807) is 7.11 Å². The van der Waals surface area contributed by atoms with E-state index in [-0.39, 0.29) is 17.8 Å². The summed E-state index contributed by atoms with van der Waals surface area (Å²) in [4.78, 5) is 11.9. The van der Waals surface area contributed by atoms with Gasteiger partial charge in [-0.1, -0.05) is 6.92 Å². The van der Waals surface area contributed by atoms with E-state index in [1.807, 2.05) is 19.3 Å². The molecule has 15 heavy (non-hydrogen) atoms. The molecule has 0 bridgehead atoms. The third-order valence-electron chi connectivity index (χ3n) is 2.91. The summed E-state index contributed by atoms with van der Waals surface area (Å²) in [5.41, 5.74) is 2.02. The third kappa shape index (κ3) is 2.55. The van der Waals surface area contributed by atoms with Gasteiger partial charge in [0, 0.05) is 13.0 Å². The third-order valence-corrected chi connectivity index (χ3v) is 2.91. The lowest BCUT2D eigenvalue weighted by Crippen LogP contribution is -2.57. The Bertz CT molecular complexity index is 221. The van der Waals surface area contributed by atoms with Crippen LogP contribution in [0.3, 0.4) is 0 Å². The average Bonchev–Trinajstić information content (AvgIpc) is 2.19. The van der Waals surface area contributed by atoms with Crippen molar-refractivity contribution in [3.8, 4) is 0 Å². The highest BCUT2D eigenvalue weighted by Gasteiger charge is 2.41. The maximum Gasteiger partial charge on any atom is 0.160 e. The molecule has 0 spiro atoms. The van der Waals surface area contributed by atoms with E-state index in [2.05, 4.69) is 0 Å². The molecule has 0 aromatic heterocycles. The van der Waals surface area contributed by atoms with Gasteiger partial charge in [-0.25, -0.2) is 0 Å². The van der Waals surface area contributed by atoms with E-state index < -0.39 is 12.1 Å². The van der Waals surface area contributed by atoms with E-state index in [4.69, 9.17) is 14.7 Å². The second-order valence-corrected chi connectivity index (χ2v) is 3.86. The summed E-state index contributed by atoms with van der Waals surface area (Å²) in [6, 6.07) is -0.675. The molecule has 5 heteroatoms. The summed E-state index contributed by atoms with van der Waals surface area (Å²) < 4.78 is 10.6. The summed E-state index contributed by atoms with van der Waals surface area (Å²) in [5.74, 6) is -0.149. The lowest BCUT2D eigenvalue weighted by molar-refractivity contribution is -0.163. The highest BCUT2D eigenvalue weighted by Crippen LogP contribution is 2.24. The summed E-state index contributed by atoms with van der Waals surface area (Å²) in [6.45, 7) is 4.11. The molecule has 1 aliphatic rings.